The molecular formula is C30H37N3O6S. The third-order valence-corrected chi connectivity index (χ3v) is 7.94. The zero-order valence-corrected chi connectivity index (χ0v) is 24.6. The van der Waals surface area contributed by atoms with Crippen molar-refractivity contribution in [1.29, 1.82) is 0 Å². The molecule has 1 N–H and O–H groups in total. The van der Waals surface area contributed by atoms with Gasteiger partial charge in [0.15, 0.2) is 0 Å². The number of rotatable bonds is 11. The number of nitrogens with one attached hydrogen (secondary N) is 1. The molecule has 3 aromatic rings. The van der Waals surface area contributed by atoms with E-state index in [-0.39, 0.29) is 23.0 Å². The monoisotopic (exact) mass is 567 g/mol. The summed E-state index contributed by atoms with van der Waals surface area (Å²) in [5, 5.41) is 2.91. The fraction of sp³-hybridized carbons (Fsp3) is 0.333. The normalized spacial score (nSPS) is 12.2. The van der Waals surface area contributed by atoms with Crippen molar-refractivity contribution in [2.75, 3.05) is 25.1 Å². The van der Waals surface area contributed by atoms with Gasteiger partial charge in [-0.25, -0.2) is 8.42 Å². The van der Waals surface area contributed by atoms with Gasteiger partial charge in [0.25, 0.3) is 10.0 Å². The molecule has 0 saturated carbocycles. The molecule has 0 saturated heterocycles. The Kier molecular flexibility index (Phi) is 9.81. The van der Waals surface area contributed by atoms with Crippen LogP contribution >= 0.6 is 0 Å². The maximum Gasteiger partial charge on any atom is 0.264 e. The molecule has 0 aliphatic carbocycles. The molecule has 0 aliphatic rings. The zero-order chi connectivity index (χ0) is 29.5. The standard InChI is InChI=1S/C30H37N3O6S/c1-22(29(35)31-30(2,3)4)32(20-23-12-16-25(38-5)17-13-23)28(34)21-33(24-14-18-26(39-6)19-15-24)40(36,37)27-10-8-7-9-11-27/h7-19,22H,20-21H2,1-6H3,(H,31,35)/t22-/m1/s1. The van der Waals surface area contributed by atoms with Crippen molar-refractivity contribution in [2.24, 2.45) is 0 Å². The van der Waals surface area contributed by atoms with Crippen LogP contribution in [0.1, 0.15) is 33.3 Å². The van der Waals surface area contributed by atoms with Gasteiger partial charge in [0.2, 0.25) is 11.8 Å². The van der Waals surface area contributed by atoms with E-state index in [0.29, 0.717) is 11.5 Å². The average molecular weight is 568 g/mol. The highest BCUT2D eigenvalue weighted by molar-refractivity contribution is 7.92. The third-order valence-electron chi connectivity index (χ3n) is 6.15. The zero-order valence-electron chi connectivity index (χ0n) is 23.7. The minimum atomic E-state index is -4.13. The molecule has 0 unspecified atom stereocenters. The summed E-state index contributed by atoms with van der Waals surface area (Å²) in [4.78, 5) is 28.6. The van der Waals surface area contributed by atoms with Gasteiger partial charge in [0.1, 0.15) is 24.1 Å². The Hall–Kier alpha value is -4.05. The van der Waals surface area contributed by atoms with Crippen LogP contribution in [0.3, 0.4) is 0 Å². The highest BCUT2D eigenvalue weighted by Gasteiger charge is 2.33. The summed E-state index contributed by atoms with van der Waals surface area (Å²) in [6.07, 6.45) is 0. The van der Waals surface area contributed by atoms with Crippen molar-refractivity contribution in [3.05, 3.63) is 84.4 Å². The lowest BCUT2D eigenvalue weighted by atomic mass is 10.1. The van der Waals surface area contributed by atoms with Crippen LogP contribution in [0.15, 0.2) is 83.8 Å². The minimum absolute atomic E-state index is 0.0406. The van der Waals surface area contributed by atoms with E-state index in [1.165, 1.54) is 24.1 Å². The van der Waals surface area contributed by atoms with Crippen molar-refractivity contribution < 1.29 is 27.5 Å². The molecule has 3 aromatic carbocycles. The predicted molar refractivity (Wildman–Crippen MR) is 155 cm³/mol. The molecule has 214 valence electrons. The minimum Gasteiger partial charge on any atom is -0.497 e. The first kappa shape index (κ1) is 30.5. The first-order chi connectivity index (χ1) is 18.9. The largest absolute Gasteiger partial charge is 0.497 e. The molecule has 0 aromatic heterocycles. The van der Waals surface area contributed by atoms with E-state index in [1.807, 2.05) is 20.8 Å². The lowest BCUT2D eigenvalue weighted by Crippen LogP contribution is -2.54. The second-order valence-corrected chi connectivity index (χ2v) is 12.2. The van der Waals surface area contributed by atoms with Crippen molar-refractivity contribution in [3.8, 4) is 11.5 Å². The first-order valence-corrected chi connectivity index (χ1v) is 14.3. The third kappa shape index (κ3) is 7.75. The number of methoxy groups -OCH3 is 2. The van der Waals surface area contributed by atoms with E-state index in [2.05, 4.69) is 5.32 Å². The average Bonchev–Trinajstić information content (AvgIpc) is 2.94. The molecule has 0 aliphatic heterocycles. The van der Waals surface area contributed by atoms with Gasteiger partial charge in [-0.2, -0.15) is 0 Å². The predicted octanol–water partition coefficient (Wildman–Crippen LogP) is 4.23. The molecule has 0 heterocycles. The van der Waals surface area contributed by atoms with Crippen LogP contribution in [0.4, 0.5) is 5.69 Å². The fourth-order valence-electron chi connectivity index (χ4n) is 3.98. The van der Waals surface area contributed by atoms with Gasteiger partial charge in [0, 0.05) is 12.1 Å². The number of sulfonamides is 1. The Bertz CT molecular complexity index is 1390. The molecule has 3 rings (SSSR count). The smallest absolute Gasteiger partial charge is 0.264 e. The van der Waals surface area contributed by atoms with Crippen LogP contribution in [0.5, 0.6) is 11.5 Å². The first-order valence-electron chi connectivity index (χ1n) is 12.8. The molecule has 0 radical (unpaired) electrons. The maximum atomic E-state index is 14.0. The number of ether oxygens (including phenoxy) is 2. The number of hydrogen-bond acceptors (Lipinski definition) is 6. The number of amides is 2. The van der Waals surface area contributed by atoms with Crippen molar-refractivity contribution in [1.82, 2.24) is 10.2 Å². The van der Waals surface area contributed by atoms with Gasteiger partial charge >= 0.3 is 0 Å². The molecule has 9 nitrogen and oxygen atoms in total. The Balaban J connectivity index is 2.02. The Morgan fingerprint density at radius 1 is 0.850 bits per heavy atom. The van der Waals surface area contributed by atoms with E-state index < -0.39 is 34.1 Å². The van der Waals surface area contributed by atoms with Crippen LogP contribution in [-0.4, -0.2) is 57.5 Å². The number of hydrogen-bond donors (Lipinski definition) is 1. The van der Waals surface area contributed by atoms with Crippen molar-refractivity contribution >= 4 is 27.5 Å². The van der Waals surface area contributed by atoms with Crippen LogP contribution in [0.25, 0.3) is 0 Å². The summed E-state index contributed by atoms with van der Waals surface area (Å²) in [5.41, 5.74) is 0.520. The number of anilines is 1. The highest BCUT2D eigenvalue weighted by atomic mass is 32.2. The van der Waals surface area contributed by atoms with E-state index in [9.17, 15) is 18.0 Å². The van der Waals surface area contributed by atoms with Crippen LogP contribution in [0, 0.1) is 0 Å². The van der Waals surface area contributed by atoms with E-state index in [4.69, 9.17) is 9.47 Å². The van der Waals surface area contributed by atoms with Crippen LogP contribution in [-0.2, 0) is 26.2 Å². The van der Waals surface area contributed by atoms with E-state index >= 15 is 0 Å². The molecule has 2 amide bonds. The molecule has 0 fully saturated rings. The SMILES string of the molecule is COc1ccc(CN(C(=O)CN(c2ccc(OC)cc2)S(=O)(=O)c2ccccc2)[C@H](C)C(=O)NC(C)(C)C)cc1. The lowest BCUT2D eigenvalue weighted by molar-refractivity contribution is -0.140. The van der Waals surface area contributed by atoms with Crippen LogP contribution < -0.4 is 19.1 Å². The lowest BCUT2D eigenvalue weighted by Gasteiger charge is -2.33. The fourth-order valence-corrected chi connectivity index (χ4v) is 5.42. The summed E-state index contributed by atoms with van der Waals surface area (Å²) in [7, 11) is -1.06. The van der Waals surface area contributed by atoms with Crippen LogP contribution in [0.2, 0.25) is 0 Å². The number of nitrogens with zero attached hydrogens (tertiary/aromatic N) is 2. The number of carbonyl (C=O) groups excluding carboxylic acids is 2. The molecule has 1 atom stereocenters. The summed E-state index contributed by atoms with van der Waals surface area (Å²) >= 11 is 0. The quantitative estimate of drug-likeness (QED) is 0.372. The topological polar surface area (TPSA) is 105 Å². The summed E-state index contributed by atoms with van der Waals surface area (Å²) in [6.45, 7) is 6.75. The summed E-state index contributed by atoms with van der Waals surface area (Å²) in [6, 6.07) is 20.6. The van der Waals surface area contributed by atoms with Gasteiger partial charge in [-0.3, -0.25) is 13.9 Å². The summed E-state index contributed by atoms with van der Waals surface area (Å²) < 4.78 is 39.1. The Labute approximate surface area is 236 Å². The van der Waals surface area contributed by atoms with Gasteiger partial charge in [-0.05, 0) is 81.8 Å². The van der Waals surface area contributed by atoms with Crippen molar-refractivity contribution in [3.63, 3.8) is 0 Å². The second kappa shape index (κ2) is 12.9. The molecule has 10 heteroatoms. The van der Waals surface area contributed by atoms with Crippen molar-refractivity contribution in [2.45, 2.75) is 50.7 Å². The van der Waals surface area contributed by atoms with Gasteiger partial charge < -0.3 is 19.7 Å². The van der Waals surface area contributed by atoms with E-state index in [0.717, 1.165) is 9.87 Å². The molecular weight excluding hydrogens is 530 g/mol. The van der Waals surface area contributed by atoms with Gasteiger partial charge in [0.05, 0.1) is 24.8 Å². The number of carbonyl (C=O) groups is 2. The van der Waals surface area contributed by atoms with E-state index in [1.54, 1.807) is 80.8 Å². The molecule has 0 spiro atoms. The Morgan fingerprint density at radius 3 is 1.88 bits per heavy atom. The number of benzene rings is 3. The summed E-state index contributed by atoms with van der Waals surface area (Å²) in [5.74, 6) is 0.305. The van der Waals surface area contributed by atoms with Gasteiger partial charge in [-0.15, -0.1) is 0 Å². The second-order valence-electron chi connectivity index (χ2n) is 10.3. The molecule has 40 heavy (non-hydrogen) atoms. The maximum absolute atomic E-state index is 14.0. The highest BCUT2D eigenvalue weighted by Crippen LogP contribution is 2.26. The van der Waals surface area contributed by atoms with Gasteiger partial charge in [-0.1, -0.05) is 30.3 Å². The molecule has 0 bridgehead atoms. The Morgan fingerprint density at radius 2 is 1.38 bits per heavy atom.